The number of nitrogens with two attached hydrogens (primary N) is 1. The summed E-state index contributed by atoms with van der Waals surface area (Å²) in [5.74, 6) is 2.70. The van der Waals surface area contributed by atoms with Crippen molar-refractivity contribution < 1.29 is 10.0 Å². The Morgan fingerprint density at radius 1 is 1.29 bits per heavy atom. The van der Waals surface area contributed by atoms with E-state index in [0.717, 1.165) is 56.8 Å². The molecule has 3 aliphatic carbocycles. The topological polar surface area (TPSA) is 87.7 Å². The summed E-state index contributed by atoms with van der Waals surface area (Å²) in [6, 6.07) is 0. The van der Waals surface area contributed by atoms with E-state index in [1.54, 1.807) is 0 Å². The minimum absolute atomic E-state index is 0.115. The Hall–Kier alpha value is -1.26. The highest BCUT2D eigenvalue weighted by atomic mass is 16.4. The van der Waals surface area contributed by atoms with Gasteiger partial charge in [0.25, 0.3) is 0 Å². The SMILES string of the molecule is CCC1CCC(NC(=O)C2CC3CC3C2)(C(N)=NO)CC1. The van der Waals surface area contributed by atoms with Gasteiger partial charge in [0.1, 0.15) is 5.54 Å². The van der Waals surface area contributed by atoms with Crippen LogP contribution in [-0.2, 0) is 4.79 Å². The van der Waals surface area contributed by atoms with Crippen molar-refractivity contribution in [1.29, 1.82) is 0 Å². The zero-order valence-electron chi connectivity index (χ0n) is 12.8. The molecule has 4 N–H and O–H groups in total. The summed E-state index contributed by atoms with van der Waals surface area (Å²) in [6.07, 6.45) is 8.16. The number of carbonyl (C=O) groups is 1. The molecule has 2 atom stereocenters. The predicted octanol–water partition coefficient (Wildman–Crippen LogP) is 2.23. The van der Waals surface area contributed by atoms with Gasteiger partial charge in [0, 0.05) is 5.92 Å². The number of nitrogens with zero attached hydrogens (tertiary/aromatic N) is 1. The minimum Gasteiger partial charge on any atom is -0.409 e. The molecular weight excluding hydrogens is 266 g/mol. The van der Waals surface area contributed by atoms with Crippen molar-refractivity contribution in [3.63, 3.8) is 0 Å². The number of hydrogen-bond acceptors (Lipinski definition) is 3. The van der Waals surface area contributed by atoms with Gasteiger partial charge in [0.15, 0.2) is 5.84 Å². The van der Waals surface area contributed by atoms with Crippen molar-refractivity contribution in [3.05, 3.63) is 0 Å². The summed E-state index contributed by atoms with van der Waals surface area (Å²) in [5.41, 5.74) is 5.32. The van der Waals surface area contributed by atoms with Gasteiger partial charge in [0.2, 0.25) is 5.91 Å². The zero-order chi connectivity index (χ0) is 15.0. The van der Waals surface area contributed by atoms with Gasteiger partial charge in [-0.05, 0) is 62.7 Å². The molecule has 0 radical (unpaired) electrons. The Balaban J connectivity index is 1.66. The molecule has 0 spiro atoms. The average Bonchev–Trinajstić information content (AvgIpc) is 3.12. The van der Waals surface area contributed by atoms with Gasteiger partial charge in [-0.15, -0.1) is 0 Å². The Kier molecular flexibility index (Phi) is 3.84. The van der Waals surface area contributed by atoms with Crippen LogP contribution >= 0.6 is 0 Å². The van der Waals surface area contributed by atoms with Gasteiger partial charge in [-0.25, -0.2) is 0 Å². The lowest BCUT2D eigenvalue weighted by Gasteiger charge is -2.40. The first-order valence-corrected chi connectivity index (χ1v) is 8.38. The van der Waals surface area contributed by atoms with Crippen LogP contribution in [0.25, 0.3) is 0 Å². The van der Waals surface area contributed by atoms with Gasteiger partial charge in [0.05, 0.1) is 0 Å². The Morgan fingerprint density at radius 3 is 2.43 bits per heavy atom. The first kappa shape index (κ1) is 14.7. The molecule has 0 heterocycles. The minimum atomic E-state index is -0.621. The van der Waals surface area contributed by atoms with Gasteiger partial charge >= 0.3 is 0 Å². The molecule has 2 unspecified atom stereocenters. The number of amidine groups is 1. The predicted molar refractivity (Wildman–Crippen MR) is 80.9 cm³/mol. The number of nitrogens with one attached hydrogen (secondary N) is 1. The lowest BCUT2D eigenvalue weighted by Crippen LogP contribution is -2.60. The van der Waals surface area contributed by atoms with E-state index in [2.05, 4.69) is 17.4 Å². The molecule has 1 amide bonds. The van der Waals surface area contributed by atoms with E-state index in [9.17, 15) is 4.79 Å². The van der Waals surface area contributed by atoms with E-state index in [1.165, 1.54) is 6.42 Å². The average molecular weight is 293 g/mol. The number of rotatable bonds is 4. The van der Waals surface area contributed by atoms with Crippen LogP contribution in [0.4, 0.5) is 0 Å². The number of carbonyl (C=O) groups excluding carboxylic acids is 1. The van der Waals surface area contributed by atoms with Crippen LogP contribution in [0.5, 0.6) is 0 Å². The second kappa shape index (κ2) is 5.50. The monoisotopic (exact) mass is 293 g/mol. The third kappa shape index (κ3) is 2.74. The first-order chi connectivity index (χ1) is 10.1. The van der Waals surface area contributed by atoms with Gasteiger partial charge in [-0.1, -0.05) is 18.5 Å². The van der Waals surface area contributed by atoms with Crippen molar-refractivity contribution in [2.24, 2.45) is 34.6 Å². The zero-order valence-corrected chi connectivity index (χ0v) is 12.8. The van der Waals surface area contributed by atoms with Gasteiger partial charge < -0.3 is 16.3 Å². The highest BCUT2D eigenvalue weighted by Gasteiger charge is 2.49. The Morgan fingerprint density at radius 2 is 1.90 bits per heavy atom. The van der Waals surface area contributed by atoms with Crippen molar-refractivity contribution in [2.45, 2.75) is 63.8 Å². The molecule has 3 fully saturated rings. The number of fused-ring (bicyclic) bond motifs is 1. The van der Waals surface area contributed by atoms with E-state index in [4.69, 9.17) is 10.9 Å². The summed E-state index contributed by atoms with van der Waals surface area (Å²) < 4.78 is 0. The van der Waals surface area contributed by atoms with Gasteiger partial charge in [-0.2, -0.15) is 0 Å². The van der Waals surface area contributed by atoms with E-state index in [1.807, 2.05) is 0 Å². The van der Waals surface area contributed by atoms with Crippen LogP contribution in [0.2, 0.25) is 0 Å². The molecular formula is C16H27N3O2. The third-order valence-corrected chi connectivity index (χ3v) is 6.11. The number of hydrogen-bond donors (Lipinski definition) is 3. The first-order valence-electron chi connectivity index (χ1n) is 8.38. The van der Waals surface area contributed by atoms with Gasteiger partial charge in [-0.3, -0.25) is 4.79 Å². The molecule has 5 nitrogen and oxygen atoms in total. The fraction of sp³-hybridized carbons (Fsp3) is 0.875. The molecule has 0 bridgehead atoms. The van der Waals surface area contributed by atoms with Crippen molar-refractivity contribution in [2.75, 3.05) is 0 Å². The molecule has 0 saturated heterocycles. The summed E-state index contributed by atoms with van der Waals surface area (Å²) >= 11 is 0. The summed E-state index contributed by atoms with van der Waals surface area (Å²) in [4.78, 5) is 12.6. The molecule has 0 aromatic carbocycles. The van der Waals surface area contributed by atoms with E-state index in [0.29, 0.717) is 5.92 Å². The maximum atomic E-state index is 12.6. The van der Waals surface area contributed by atoms with Crippen LogP contribution in [0, 0.1) is 23.7 Å². The number of oxime groups is 1. The molecule has 118 valence electrons. The van der Waals surface area contributed by atoms with Crippen molar-refractivity contribution in [1.82, 2.24) is 5.32 Å². The maximum Gasteiger partial charge on any atom is 0.223 e. The second-order valence-electron chi connectivity index (χ2n) is 7.33. The largest absolute Gasteiger partial charge is 0.409 e. The van der Waals surface area contributed by atoms with Crippen LogP contribution in [0.1, 0.15) is 58.3 Å². The molecule has 0 aliphatic heterocycles. The summed E-state index contributed by atoms with van der Waals surface area (Å²) in [6.45, 7) is 2.20. The fourth-order valence-corrected chi connectivity index (χ4v) is 4.39. The van der Waals surface area contributed by atoms with Crippen LogP contribution in [0.3, 0.4) is 0 Å². The second-order valence-corrected chi connectivity index (χ2v) is 7.33. The van der Waals surface area contributed by atoms with E-state index < -0.39 is 5.54 Å². The molecule has 0 aromatic heterocycles. The van der Waals surface area contributed by atoms with Crippen LogP contribution < -0.4 is 11.1 Å². The highest BCUT2D eigenvalue weighted by molar-refractivity contribution is 5.94. The number of amides is 1. The molecule has 5 heteroatoms. The smallest absolute Gasteiger partial charge is 0.223 e. The van der Waals surface area contributed by atoms with Crippen LogP contribution in [0.15, 0.2) is 5.16 Å². The Labute approximate surface area is 126 Å². The summed E-state index contributed by atoms with van der Waals surface area (Å²) in [5, 5.41) is 15.5. The van der Waals surface area contributed by atoms with Crippen molar-refractivity contribution >= 4 is 11.7 Å². The maximum absolute atomic E-state index is 12.6. The Bertz CT molecular complexity index is 431. The van der Waals surface area contributed by atoms with Crippen LogP contribution in [-0.4, -0.2) is 22.5 Å². The van der Waals surface area contributed by atoms with E-state index >= 15 is 0 Å². The molecule has 3 saturated carbocycles. The molecule has 0 aromatic rings. The van der Waals surface area contributed by atoms with E-state index in [-0.39, 0.29) is 17.7 Å². The molecule has 3 rings (SSSR count). The summed E-state index contributed by atoms with van der Waals surface area (Å²) in [7, 11) is 0. The molecule has 21 heavy (non-hydrogen) atoms. The van der Waals surface area contributed by atoms with Crippen molar-refractivity contribution in [3.8, 4) is 0 Å². The molecule has 3 aliphatic rings. The standard InChI is InChI=1S/C16H27N3O2/c1-2-10-3-5-16(6-4-10,15(17)19-21)18-14(20)13-8-11-7-12(11)9-13/h10-13,21H,2-9H2,1H3,(H2,17,19)(H,18,20). The normalized spacial score (nSPS) is 42.4. The lowest BCUT2D eigenvalue weighted by molar-refractivity contribution is -0.126. The quantitative estimate of drug-likeness (QED) is 0.321. The lowest BCUT2D eigenvalue weighted by atomic mass is 9.74. The third-order valence-electron chi connectivity index (χ3n) is 6.11. The highest BCUT2D eigenvalue weighted by Crippen LogP contribution is 2.54. The fourth-order valence-electron chi connectivity index (χ4n) is 4.39.